The van der Waals surface area contributed by atoms with Gasteiger partial charge in [-0.05, 0) is 30.0 Å². The molecular weight excluding hydrogens is 374 g/mol. The molecule has 1 aromatic heterocycles. The maximum absolute atomic E-state index is 11.8. The highest BCUT2D eigenvalue weighted by Crippen LogP contribution is 2.25. The van der Waals surface area contributed by atoms with Crippen LogP contribution < -0.4 is 10.1 Å². The molecule has 3 aromatic carbocycles. The minimum absolute atomic E-state index is 0.0967. The Morgan fingerprint density at radius 3 is 2.73 bits per heavy atom. The van der Waals surface area contributed by atoms with Crippen molar-refractivity contribution in [3.05, 3.63) is 72.6 Å². The lowest BCUT2D eigenvalue weighted by Crippen LogP contribution is -2.26. The highest BCUT2D eigenvalue weighted by atomic mass is 16.5. The number of hydrogen-bond acceptors (Lipinski definition) is 3. The monoisotopic (exact) mass is 401 g/mol. The fourth-order valence-corrected chi connectivity index (χ4v) is 3.76. The largest absolute Gasteiger partial charge is 0.491 e. The van der Waals surface area contributed by atoms with Gasteiger partial charge >= 0.3 is 0 Å². The lowest BCUT2D eigenvalue weighted by Gasteiger charge is -2.13. The van der Waals surface area contributed by atoms with Crippen LogP contribution in [-0.4, -0.2) is 28.6 Å². The molecule has 1 heterocycles. The standard InChI is InChI=1S/C25H27N3O2/c1-2-8-25(29)26-16-15-24-27-21-12-5-6-13-22(21)28(24)17-18-30-23-14-7-10-19-9-3-4-11-20(19)23/h3-7,9-14H,2,8,15-18H2,1H3,(H,26,29). The Bertz CT molecular complexity index is 1140. The van der Waals surface area contributed by atoms with Gasteiger partial charge in [-0.1, -0.05) is 55.5 Å². The van der Waals surface area contributed by atoms with E-state index in [4.69, 9.17) is 9.72 Å². The van der Waals surface area contributed by atoms with Crippen LogP contribution in [0.2, 0.25) is 0 Å². The molecule has 0 aliphatic rings. The Morgan fingerprint density at radius 1 is 1.03 bits per heavy atom. The average molecular weight is 402 g/mol. The summed E-state index contributed by atoms with van der Waals surface area (Å²) in [5.74, 6) is 1.96. The van der Waals surface area contributed by atoms with Crippen molar-refractivity contribution in [2.24, 2.45) is 0 Å². The van der Waals surface area contributed by atoms with Crippen molar-refractivity contribution in [2.75, 3.05) is 13.2 Å². The van der Waals surface area contributed by atoms with Crippen molar-refractivity contribution in [3.63, 3.8) is 0 Å². The van der Waals surface area contributed by atoms with Gasteiger partial charge in [-0.25, -0.2) is 4.98 Å². The summed E-state index contributed by atoms with van der Waals surface area (Å²) in [6.45, 7) is 3.84. The molecule has 0 fully saturated rings. The Balaban J connectivity index is 1.48. The number of imidazole rings is 1. The Kier molecular flexibility index (Phi) is 6.28. The number of amides is 1. The highest BCUT2D eigenvalue weighted by molar-refractivity contribution is 5.88. The molecule has 5 nitrogen and oxygen atoms in total. The first kappa shape index (κ1) is 20.0. The fraction of sp³-hybridized carbons (Fsp3) is 0.280. The van der Waals surface area contributed by atoms with E-state index in [0.29, 0.717) is 32.5 Å². The van der Waals surface area contributed by atoms with Crippen molar-refractivity contribution in [2.45, 2.75) is 32.7 Å². The van der Waals surface area contributed by atoms with Crippen molar-refractivity contribution in [1.82, 2.24) is 14.9 Å². The number of para-hydroxylation sites is 2. The molecule has 0 atom stereocenters. The number of carbonyl (C=O) groups excluding carboxylic acids is 1. The first-order chi connectivity index (χ1) is 14.8. The van der Waals surface area contributed by atoms with Crippen LogP contribution >= 0.6 is 0 Å². The number of fused-ring (bicyclic) bond motifs is 2. The third-order valence-electron chi connectivity index (χ3n) is 5.20. The van der Waals surface area contributed by atoms with Crippen LogP contribution in [0.3, 0.4) is 0 Å². The summed E-state index contributed by atoms with van der Waals surface area (Å²) in [5.41, 5.74) is 2.06. The van der Waals surface area contributed by atoms with Crippen LogP contribution in [0.4, 0.5) is 0 Å². The summed E-state index contributed by atoms with van der Waals surface area (Å²) in [4.78, 5) is 16.6. The van der Waals surface area contributed by atoms with Crippen LogP contribution in [0.15, 0.2) is 66.7 Å². The van der Waals surface area contributed by atoms with E-state index in [1.165, 1.54) is 5.39 Å². The van der Waals surface area contributed by atoms with Gasteiger partial charge < -0.3 is 14.6 Å². The molecule has 0 saturated heterocycles. The second kappa shape index (κ2) is 9.44. The van der Waals surface area contributed by atoms with E-state index < -0.39 is 0 Å². The molecule has 154 valence electrons. The van der Waals surface area contributed by atoms with E-state index in [2.05, 4.69) is 34.1 Å². The average Bonchev–Trinajstić information content (AvgIpc) is 3.11. The predicted molar refractivity (Wildman–Crippen MR) is 121 cm³/mol. The zero-order chi connectivity index (χ0) is 20.8. The molecule has 0 bridgehead atoms. The number of carbonyl (C=O) groups is 1. The number of aromatic nitrogens is 2. The van der Waals surface area contributed by atoms with Gasteiger partial charge in [0.2, 0.25) is 5.91 Å². The van der Waals surface area contributed by atoms with E-state index in [1.54, 1.807) is 0 Å². The number of rotatable bonds is 9. The zero-order valence-corrected chi connectivity index (χ0v) is 17.3. The third-order valence-corrected chi connectivity index (χ3v) is 5.20. The maximum atomic E-state index is 11.8. The Morgan fingerprint density at radius 2 is 1.83 bits per heavy atom. The van der Waals surface area contributed by atoms with Gasteiger partial charge in [-0.3, -0.25) is 4.79 Å². The molecule has 4 aromatic rings. The lowest BCUT2D eigenvalue weighted by atomic mass is 10.1. The minimum atomic E-state index is 0.0967. The van der Waals surface area contributed by atoms with Crippen molar-refractivity contribution >= 4 is 27.7 Å². The molecule has 5 heteroatoms. The van der Waals surface area contributed by atoms with Crippen LogP contribution in [0, 0.1) is 0 Å². The fourth-order valence-electron chi connectivity index (χ4n) is 3.76. The predicted octanol–water partition coefficient (Wildman–Crippen LogP) is 4.73. The molecule has 0 aliphatic heterocycles. The molecular formula is C25H27N3O2. The zero-order valence-electron chi connectivity index (χ0n) is 17.3. The maximum Gasteiger partial charge on any atom is 0.219 e. The smallest absolute Gasteiger partial charge is 0.219 e. The number of nitrogens with one attached hydrogen (secondary N) is 1. The number of benzene rings is 3. The Hall–Kier alpha value is -3.34. The van der Waals surface area contributed by atoms with E-state index in [1.807, 2.05) is 49.4 Å². The van der Waals surface area contributed by atoms with Gasteiger partial charge in [0.25, 0.3) is 0 Å². The van der Waals surface area contributed by atoms with Crippen LogP contribution in [0.25, 0.3) is 21.8 Å². The SMILES string of the molecule is CCCC(=O)NCCc1nc2ccccc2n1CCOc1cccc2ccccc12. The van der Waals surface area contributed by atoms with Gasteiger partial charge in [0.1, 0.15) is 18.2 Å². The van der Waals surface area contributed by atoms with Gasteiger partial charge in [-0.2, -0.15) is 0 Å². The quantitative estimate of drug-likeness (QED) is 0.441. The van der Waals surface area contributed by atoms with Crippen LogP contribution in [-0.2, 0) is 17.8 Å². The number of nitrogens with zero attached hydrogens (tertiary/aromatic N) is 2. The van der Waals surface area contributed by atoms with E-state index in [-0.39, 0.29) is 5.91 Å². The summed E-state index contributed by atoms with van der Waals surface area (Å²) < 4.78 is 8.35. The minimum Gasteiger partial charge on any atom is -0.491 e. The highest BCUT2D eigenvalue weighted by Gasteiger charge is 2.11. The van der Waals surface area contributed by atoms with E-state index >= 15 is 0 Å². The molecule has 0 spiro atoms. The molecule has 4 rings (SSSR count). The molecule has 1 N–H and O–H groups in total. The molecule has 0 unspecified atom stereocenters. The van der Waals surface area contributed by atoms with Gasteiger partial charge in [0.05, 0.1) is 17.6 Å². The van der Waals surface area contributed by atoms with Gasteiger partial charge in [-0.15, -0.1) is 0 Å². The Labute approximate surface area is 176 Å². The summed E-state index contributed by atoms with van der Waals surface area (Å²) in [6.07, 6.45) is 2.11. The van der Waals surface area contributed by atoms with Crippen molar-refractivity contribution in [3.8, 4) is 5.75 Å². The summed E-state index contributed by atoms with van der Waals surface area (Å²) >= 11 is 0. The summed E-state index contributed by atoms with van der Waals surface area (Å²) in [7, 11) is 0. The van der Waals surface area contributed by atoms with Crippen molar-refractivity contribution < 1.29 is 9.53 Å². The van der Waals surface area contributed by atoms with Crippen molar-refractivity contribution in [1.29, 1.82) is 0 Å². The summed E-state index contributed by atoms with van der Waals surface area (Å²) in [6, 6.07) is 22.5. The molecule has 30 heavy (non-hydrogen) atoms. The lowest BCUT2D eigenvalue weighted by molar-refractivity contribution is -0.121. The molecule has 1 amide bonds. The normalized spacial score (nSPS) is 11.1. The van der Waals surface area contributed by atoms with Gasteiger partial charge in [0.15, 0.2) is 0 Å². The first-order valence-corrected chi connectivity index (χ1v) is 10.6. The molecule has 0 saturated carbocycles. The second-order valence-corrected chi connectivity index (χ2v) is 7.34. The van der Waals surface area contributed by atoms with Crippen LogP contribution in [0.1, 0.15) is 25.6 Å². The first-order valence-electron chi connectivity index (χ1n) is 10.6. The van der Waals surface area contributed by atoms with Gasteiger partial charge in [0, 0.05) is 24.8 Å². The van der Waals surface area contributed by atoms with E-state index in [0.717, 1.165) is 34.4 Å². The number of hydrogen-bond donors (Lipinski definition) is 1. The van der Waals surface area contributed by atoms with E-state index in [9.17, 15) is 4.79 Å². The topological polar surface area (TPSA) is 56.2 Å². The van der Waals surface area contributed by atoms with Crippen LogP contribution in [0.5, 0.6) is 5.75 Å². The second-order valence-electron chi connectivity index (χ2n) is 7.34. The third kappa shape index (κ3) is 4.46. The summed E-state index contributed by atoms with van der Waals surface area (Å²) in [5, 5.41) is 5.27. The molecule has 0 aliphatic carbocycles. The molecule has 0 radical (unpaired) electrons. The number of ether oxygens (including phenoxy) is 1.